The van der Waals surface area contributed by atoms with Crippen molar-refractivity contribution in [1.82, 2.24) is 0 Å². The number of aliphatic hydroxyl groups is 1. The van der Waals surface area contributed by atoms with Gasteiger partial charge in [0.2, 0.25) is 5.78 Å². The van der Waals surface area contributed by atoms with Gasteiger partial charge in [0.05, 0.1) is 0 Å². The topological polar surface area (TPSA) is 85.2 Å². The molecule has 0 atom stereocenters. The molecule has 0 radical (unpaired) electrons. The molecular weight excluding hydrogens is 342 g/mol. The lowest BCUT2D eigenvalue weighted by Crippen LogP contribution is -2.11. The van der Waals surface area contributed by atoms with E-state index in [9.17, 15) is 9.59 Å². The molecule has 0 aromatic heterocycles. The average molecular weight is 359 g/mol. The summed E-state index contributed by atoms with van der Waals surface area (Å²) < 4.78 is 4.98. The molecule has 1 N–H and O–H groups in total. The minimum absolute atomic E-state index is 0.107. The van der Waals surface area contributed by atoms with Crippen molar-refractivity contribution in [3.8, 4) is 5.75 Å². The first-order chi connectivity index (χ1) is 12.0. The van der Waals surface area contributed by atoms with Gasteiger partial charge in [-0.05, 0) is 55.5 Å². The Hall–Kier alpha value is -2.64. The number of oxime groups is 1. The van der Waals surface area contributed by atoms with Crippen molar-refractivity contribution in [3.05, 3.63) is 54.1 Å². The quantitative estimate of drug-likeness (QED) is 0.268. The summed E-state index contributed by atoms with van der Waals surface area (Å²) in [5.74, 6) is -0.284. The number of hydrogen-bond donors (Lipinski definition) is 1. The Morgan fingerprint density at radius 1 is 1.00 bits per heavy atom. The smallest absolute Gasteiger partial charge is 0.331 e. The maximum atomic E-state index is 12.2. The van der Waals surface area contributed by atoms with Crippen molar-refractivity contribution in [2.45, 2.75) is 23.6 Å². The zero-order valence-electron chi connectivity index (χ0n) is 13.8. The molecule has 0 aliphatic carbocycles. The number of hydrogen-bond acceptors (Lipinski definition) is 7. The van der Waals surface area contributed by atoms with Crippen molar-refractivity contribution < 1.29 is 24.3 Å². The first kappa shape index (κ1) is 18.7. The average Bonchev–Trinajstić information content (AvgIpc) is 2.61. The third-order valence-corrected chi connectivity index (χ3v) is 4.06. The van der Waals surface area contributed by atoms with Gasteiger partial charge in [-0.15, -0.1) is 0 Å². The molecule has 0 amide bonds. The summed E-state index contributed by atoms with van der Waals surface area (Å²) in [6.45, 7) is 2.35. The van der Waals surface area contributed by atoms with Crippen LogP contribution in [0.1, 0.15) is 24.2 Å². The van der Waals surface area contributed by atoms with E-state index in [1.807, 2.05) is 24.3 Å². The molecule has 130 valence electrons. The van der Waals surface area contributed by atoms with E-state index in [0.29, 0.717) is 11.3 Å². The van der Waals surface area contributed by atoms with Crippen molar-refractivity contribution in [3.63, 3.8) is 0 Å². The molecular formula is C18H17NO5S. The third-order valence-electron chi connectivity index (χ3n) is 3.05. The molecule has 0 saturated heterocycles. The molecule has 0 fully saturated rings. The predicted octanol–water partition coefficient (Wildman–Crippen LogP) is 3.29. The fourth-order valence-corrected chi connectivity index (χ4v) is 2.69. The maximum absolute atomic E-state index is 12.2. The summed E-state index contributed by atoms with van der Waals surface area (Å²) in [5, 5.41) is 12.2. The van der Waals surface area contributed by atoms with Gasteiger partial charge in [0, 0.05) is 22.3 Å². The molecule has 0 heterocycles. The summed E-state index contributed by atoms with van der Waals surface area (Å²) in [6.07, 6.45) is 0. The van der Waals surface area contributed by atoms with E-state index in [0.717, 1.165) is 9.79 Å². The van der Waals surface area contributed by atoms with Crippen LogP contribution in [0.15, 0.2) is 63.5 Å². The van der Waals surface area contributed by atoms with Gasteiger partial charge in [-0.2, -0.15) is 0 Å². The van der Waals surface area contributed by atoms with Gasteiger partial charge in [0.1, 0.15) is 11.5 Å². The van der Waals surface area contributed by atoms with Gasteiger partial charge < -0.3 is 14.7 Å². The fourth-order valence-electron chi connectivity index (χ4n) is 1.87. The molecule has 25 heavy (non-hydrogen) atoms. The number of rotatable bonds is 7. The summed E-state index contributed by atoms with van der Waals surface area (Å²) >= 11 is 1.53. The van der Waals surface area contributed by atoms with Gasteiger partial charge >= 0.3 is 5.97 Å². The molecule has 0 unspecified atom stereocenters. The van der Waals surface area contributed by atoms with E-state index in [2.05, 4.69) is 9.99 Å². The lowest BCUT2D eigenvalue weighted by atomic mass is 10.1. The number of carbonyl (C=O) groups is 2. The second-order valence-corrected chi connectivity index (χ2v) is 6.11. The summed E-state index contributed by atoms with van der Waals surface area (Å²) in [7, 11) is 0. The van der Waals surface area contributed by atoms with Crippen LogP contribution in [-0.4, -0.2) is 29.4 Å². The van der Waals surface area contributed by atoms with Crippen molar-refractivity contribution in [2.75, 3.05) is 6.79 Å². The Bertz CT molecular complexity index is 769. The Labute approximate surface area is 149 Å². The molecule has 0 saturated carbocycles. The number of ketones is 1. The molecule has 0 aliphatic heterocycles. The van der Waals surface area contributed by atoms with Gasteiger partial charge in [-0.25, -0.2) is 4.79 Å². The van der Waals surface area contributed by atoms with Crippen LogP contribution in [0, 0.1) is 0 Å². The van der Waals surface area contributed by atoms with Crippen LogP contribution in [0.2, 0.25) is 0 Å². The van der Waals surface area contributed by atoms with Crippen LogP contribution < -0.4 is 4.74 Å². The van der Waals surface area contributed by atoms with Gasteiger partial charge in [0.15, 0.2) is 6.79 Å². The van der Waals surface area contributed by atoms with E-state index >= 15 is 0 Å². The molecule has 2 aromatic rings. The second kappa shape index (κ2) is 9.00. The summed E-state index contributed by atoms with van der Waals surface area (Å²) in [6, 6.07) is 14.3. The molecule has 0 spiro atoms. The normalized spacial score (nSPS) is 11.1. The van der Waals surface area contributed by atoms with Gasteiger partial charge in [-0.1, -0.05) is 16.9 Å². The number of aliphatic hydroxyl groups excluding tert-OH is 1. The van der Waals surface area contributed by atoms with E-state index < -0.39 is 5.97 Å². The highest BCUT2D eigenvalue weighted by molar-refractivity contribution is 7.99. The van der Waals surface area contributed by atoms with Crippen LogP contribution in [0.3, 0.4) is 0 Å². The Balaban J connectivity index is 2.02. The van der Waals surface area contributed by atoms with Crippen LogP contribution in [0.25, 0.3) is 0 Å². The van der Waals surface area contributed by atoms with E-state index in [-0.39, 0.29) is 18.3 Å². The Kier molecular flexibility index (Phi) is 6.73. The molecule has 2 rings (SSSR count). The fraction of sp³-hybridized carbons (Fsp3) is 0.167. The number of benzene rings is 2. The van der Waals surface area contributed by atoms with Crippen LogP contribution >= 0.6 is 11.8 Å². The maximum Gasteiger partial charge on any atom is 0.331 e. The van der Waals surface area contributed by atoms with Crippen molar-refractivity contribution in [2.24, 2.45) is 5.16 Å². The second-order valence-electron chi connectivity index (χ2n) is 4.96. The highest BCUT2D eigenvalue weighted by Gasteiger charge is 2.11. The minimum Gasteiger partial charge on any atom is -0.468 e. The Morgan fingerprint density at radius 3 is 2.08 bits per heavy atom. The van der Waals surface area contributed by atoms with Gasteiger partial charge in [-0.3, -0.25) is 4.79 Å². The first-order valence-corrected chi connectivity index (χ1v) is 8.20. The SMILES string of the molecule is CC(=O)O/N=C(\C)C(=O)c1ccc(Sc2ccc(OCO)cc2)cc1. The number of carbonyl (C=O) groups excluding carboxylic acids is 2. The molecule has 7 heteroatoms. The van der Waals surface area contributed by atoms with E-state index in [1.54, 1.807) is 24.3 Å². The molecule has 2 aromatic carbocycles. The first-order valence-electron chi connectivity index (χ1n) is 7.38. The van der Waals surface area contributed by atoms with E-state index in [4.69, 9.17) is 9.84 Å². The van der Waals surface area contributed by atoms with Crippen LogP contribution in [-0.2, 0) is 9.63 Å². The number of Topliss-reactive ketones (excluding diaryl/α,β-unsaturated/α-hetero) is 1. The minimum atomic E-state index is -0.575. The summed E-state index contributed by atoms with van der Waals surface area (Å²) in [5.41, 5.74) is 0.569. The number of nitrogens with zero attached hydrogens (tertiary/aromatic N) is 1. The number of ether oxygens (including phenoxy) is 1. The van der Waals surface area contributed by atoms with Gasteiger partial charge in [0.25, 0.3) is 0 Å². The lowest BCUT2D eigenvalue weighted by Gasteiger charge is -2.05. The zero-order valence-corrected chi connectivity index (χ0v) is 14.6. The molecule has 0 bridgehead atoms. The summed E-state index contributed by atoms with van der Waals surface area (Å²) in [4.78, 5) is 29.3. The van der Waals surface area contributed by atoms with Crippen molar-refractivity contribution >= 4 is 29.2 Å². The lowest BCUT2D eigenvalue weighted by molar-refractivity contribution is -0.140. The third kappa shape index (κ3) is 5.74. The molecule has 0 aliphatic rings. The van der Waals surface area contributed by atoms with E-state index in [1.165, 1.54) is 25.6 Å². The molecule has 6 nitrogen and oxygen atoms in total. The Morgan fingerprint density at radius 2 is 1.56 bits per heavy atom. The predicted molar refractivity (Wildman–Crippen MR) is 93.9 cm³/mol. The van der Waals surface area contributed by atoms with Crippen LogP contribution in [0.5, 0.6) is 5.75 Å². The highest BCUT2D eigenvalue weighted by Crippen LogP contribution is 2.29. The van der Waals surface area contributed by atoms with Crippen molar-refractivity contribution in [1.29, 1.82) is 0 Å². The van der Waals surface area contributed by atoms with Crippen LogP contribution in [0.4, 0.5) is 0 Å². The standard InChI is InChI=1S/C18H17NO5S/c1-12(19-24-13(2)21)18(22)14-3-7-16(8-4-14)25-17-9-5-15(6-10-17)23-11-20/h3-10,20H,11H2,1-2H3/b19-12+. The zero-order chi connectivity index (χ0) is 18.2. The highest BCUT2D eigenvalue weighted by atomic mass is 32.2. The monoisotopic (exact) mass is 359 g/mol. The largest absolute Gasteiger partial charge is 0.468 e.